The molecule has 0 atom stereocenters. The van der Waals surface area contributed by atoms with Crippen LogP contribution < -0.4 is 10.1 Å². The average molecular weight is 287 g/mol. The monoisotopic (exact) mass is 287 g/mol. The van der Waals surface area contributed by atoms with Gasteiger partial charge in [0.1, 0.15) is 5.75 Å². The highest BCUT2D eigenvalue weighted by atomic mass is 16.5. The third kappa shape index (κ3) is 3.95. The highest BCUT2D eigenvalue weighted by molar-refractivity contribution is 5.87. The van der Waals surface area contributed by atoms with E-state index >= 15 is 0 Å². The van der Waals surface area contributed by atoms with Gasteiger partial charge in [-0.25, -0.2) is 0 Å². The van der Waals surface area contributed by atoms with Crippen molar-refractivity contribution in [1.82, 2.24) is 5.32 Å². The van der Waals surface area contributed by atoms with Gasteiger partial charge >= 0.3 is 0 Å². The van der Waals surface area contributed by atoms with Crippen LogP contribution in [-0.2, 0) is 11.4 Å². The SMILES string of the molecule is CC(C)CNC(=O)COc1ccc2ccccc2c1CO. The maximum Gasteiger partial charge on any atom is 0.257 e. The minimum atomic E-state index is -0.152. The zero-order valence-corrected chi connectivity index (χ0v) is 12.4. The minimum Gasteiger partial charge on any atom is -0.483 e. The maximum atomic E-state index is 11.7. The molecule has 2 rings (SSSR count). The Morgan fingerprint density at radius 2 is 2.00 bits per heavy atom. The normalized spacial score (nSPS) is 10.9. The largest absolute Gasteiger partial charge is 0.483 e. The fraction of sp³-hybridized carbons (Fsp3) is 0.353. The fourth-order valence-corrected chi connectivity index (χ4v) is 2.13. The third-order valence-electron chi connectivity index (χ3n) is 3.22. The molecule has 4 heteroatoms. The summed E-state index contributed by atoms with van der Waals surface area (Å²) < 4.78 is 5.56. The average Bonchev–Trinajstić information content (AvgIpc) is 2.50. The van der Waals surface area contributed by atoms with E-state index in [1.54, 1.807) is 6.07 Å². The molecule has 0 radical (unpaired) electrons. The first-order valence-corrected chi connectivity index (χ1v) is 7.12. The molecule has 0 aliphatic rings. The van der Waals surface area contributed by atoms with E-state index in [1.807, 2.05) is 44.2 Å². The van der Waals surface area contributed by atoms with Crippen LogP contribution >= 0.6 is 0 Å². The lowest BCUT2D eigenvalue weighted by molar-refractivity contribution is -0.123. The van der Waals surface area contributed by atoms with Gasteiger partial charge in [0, 0.05) is 12.1 Å². The Kier molecular flexibility index (Phi) is 5.17. The predicted octanol–water partition coefficient (Wildman–Crippen LogP) is 2.48. The summed E-state index contributed by atoms with van der Waals surface area (Å²) in [5.74, 6) is 0.805. The summed E-state index contributed by atoms with van der Waals surface area (Å²) >= 11 is 0. The molecule has 0 fully saturated rings. The van der Waals surface area contributed by atoms with Crippen molar-refractivity contribution in [3.05, 3.63) is 42.0 Å². The number of rotatable bonds is 6. The molecule has 4 nitrogen and oxygen atoms in total. The molecule has 0 spiro atoms. The summed E-state index contributed by atoms with van der Waals surface area (Å²) in [4.78, 5) is 11.7. The lowest BCUT2D eigenvalue weighted by Crippen LogP contribution is -2.31. The van der Waals surface area contributed by atoms with Crippen molar-refractivity contribution >= 4 is 16.7 Å². The Morgan fingerprint density at radius 1 is 1.24 bits per heavy atom. The van der Waals surface area contributed by atoms with Crippen LogP contribution in [0.3, 0.4) is 0 Å². The van der Waals surface area contributed by atoms with Crippen LogP contribution in [0.1, 0.15) is 19.4 Å². The summed E-state index contributed by atoms with van der Waals surface area (Å²) in [7, 11) is 0. The molecule has 2 aromatic rings. The number of hydrogen-bond donors (Lipinski definition) is 2. The molecule has 0 saturated heterocycles. The molecule has 1 amide bonds. The van der Waals surface area contributed by atoms with Gasteiger partial charge < -0.3 is 15.2 Å². The molecule has 112 valence electrons. The van der Waals surface area contributed by atoms with Gasteiger partial charge in [0.2, 0.25) is 0 Å². The Bertz CT molecular complexity index is 622. The van der Waals surface area contributed by atoms with Crippen LogP contribution in [0.2, 0.25) is 0 Å². The first-order valence-electron chi connectivity index (χ1n) is 7.12. The molecule has 0 saturated carbocycles. The van der Waals surface area contributed by atoms with E-state index < -0.39 is 0 Å². The minimum absolute atomic E-state index is 0.0436. The topological polar surface area (TPSA) is 58.6 Å². The first kappa shape index (κ1) is 15.3. The number of carbonyl (C=O) groups is 1. The zero-order valence-electron chi connectivity index (χ0n) is 12.4. The molecule has 0 bridgehead atoms. The summed E-state index contributed by atoms with van der Waals surface area (Å²) in [6, 6.07) is 11.5. The number of carbonyl (C=O) groups excluding carboxylic acids is 1. The van der Waals surface area contributed by atoms with Crippen molar-refractivity contribution < 1.29 is 14.6 Å². The molecule has 0 unspecified atom stereocenters. The van der Waals surface area contributed by atoms with E-state index in [0.29, 0.717) is 23.8 Å². The van der Waals surface area contributed by atoms with E-state index in [0.717, 1.165) is 10.8 Å². The van der Waals surface area contributed by atoms with Crippen molar-refractivity contribution in [2.45, 2.75) is 20.5 Å². The van der Waals surface area contributed by atoms with Crippen molar-refractivity contribution in [2.24, 2.45) is 5.92 Å². The number of fused-ring (bicyclic) bond motifs is 1. The van der Waals surface area contributed by atoms with Gasteiger partial charge in [0.15, 0.2) is 6.61 Å². The van der Waals surface area contributed by atoms with Crippen molar-refractivity contribution in [2.75, 3.05) is 13.2 Å². The number of nitrogens with one attached hydrogen (secondary N) is 1. The summed E-state index contributed by atoms with van der Waals surface area (Å²) in [6.07, 6.45) is 0. The standard InChI is InChI=1S/C17H21NO3/c1-12(2)9-18-17(20)11-21-16-8-7-13-5-3-4-6-14(13)15(16)10-19/h3-8,12,19H,9-11H2,1-2H3,(H,18,20). The third-order valence-corrected chi connectivity index (χ3v) is 3.22. The smallest absolute Gasteiger partial charge is 0.257 e. The molecule has 2 aromatic carbocycles. The Hall–Kier alpha value is -2.07. The van der Waals surface area contributed by atoms with E-state index in [-0.39, 0.29) is 19.1 Å². The Labute approximate surface area is 124 Å². The van der Waals surface area contributed by atoms with Crippen LogP contribution in [-0.4, -0.2) is 24.2 Å². The van der Waals surface area contributed by atoms with Crippen molar-refractivity contribution in [1.29, 1.82) is 0 Å². The van der Waals surface area contributed by atoms with Gasteiger partial charge in [-0.3, -0.25) is 4.79 Å². The molecular weight excluding hydrogens is 266 g/mol. The summed E-state index contributed by atoms with van der Waals surface area (Å²) in [5.41, 5.74) is 0.713. The maximum absolute atomic E-state index is 11.7. The summed E-state index contributed by atoms with van der Waals surface area (Å²) in [6.45, 7) is 4.54. The quantitative estimate of drug-likeness (QED) is 0.858. The van der Waals surface area contributed by atoms with Gasteiger partial charge in [0.25, 0.3) is 5.91 Å². The highest BCUT2D eigenvalue weighted by Gasteiger charge is 2.10. The van der Waals surface area contributed by atoms with Crippen LogP contribution in [0.15, 0.2) is 36.4 Å². The number of aliphatic hydroxyl groups is 1. The van der Waals surface area contributed by atoms with E-state index in [1.165, 1.54) is 0 Å². The Morgan fingerprint density at radius 3 is 2.71 bits per heavy atom. The van der Waals surface area contributed by atoms with Crippen molar-refractivity contribution in [3.63, 3.8) is 0 Å². The molecule has 0 heterocycles. The van der Waals surface area contributed by atoms with Crippen molar-refractivity contribution in [3.8, 4) is 5.75 Å². The van der Waals surface area contributed by atoms with Crippen LogP contribution in [0.25, 0.3) is 10.8 Å². The molecule has 21 heavy (non-hydrogen) atoms. The number of benzene rings is 2. The van der Waals surface area contributed by atoms with Gasteiger partial charge in [-0.2, -0.15) is 0 Å². The van der Waals surface area contributed by atoms with E-state index in [4.69, 9.17) is 4.74 Å². The second-order valence-corrected chi connectivity index (χ2v) is 5.41. The zero-order chi connectivity index (χ0) is 15.2. The molecule has 0 aliphatic carbocycles. The highest BCUT2D eigenvalue weighted by Crippen LogP contribution is 2.28. The molecular formula is C17H21NO3. The fourth-order valence-electron chi connectivity index (χ4n) is 2.13. The number of amides is 1. The van der Waals surface area contributed by atoms with Crippen LogP contribution in [0.5, 0.6) is 5.75 Å². The number of hydrogen-bond acceptors (Lipinski definition) is 3. The second-order valence-electron chi connectivity index (χ2n) is 5.41. The van der Waals surface area contributed by atoms with Gasteiger partial charge in [-0.1, -0.05) is 44.2 Å². The molecule has 0 aliphatic heterocycles. The first-order chi connectivity index (χ1) is 10.1. The lowest BCUT2D eigenvalue weighted by Gasteiger charge is -2.13. The summed E-state index contributed by atoms with van der Waals surface area (Å²) in [5, 5.41) is 14.4. The molecule has 0 aromatic heterocycles. The van der Waals surface area contributed by atoms with Crippen LogP contribution in [0, 0.1) is 5.92 Å². The van der Waals surface area contributed by atoms with E-state index in [9.17, 15) is 9.90 Å². The van der Waals surface area contributed by atoms with E-state index in [2.05, 4.69) is 5.32 Å². The molecule has 2 N–H and O–H groups in total. The predicted molar refractivity (Wildman–Crippen MR) is 83.2 cm³/mol. The lowest BCUT2D eigenvalue weighted by atomic mass is 10.0. The van der Waals surface area contributed by atoms with Crippen LogP contribution in [0.4, 0.5) is 0 Å². The Balaban J connectivity index is 2.10. The number of ether oxygens (including phenoxy) is 1. The van der Waals surface area contributed by atoms with Gasteiger partial charge in [0.05, 0.1) is 6.61 Å². The second kappa shape index (κ2) is 7.09. The number of aliphatic hydroxyl groups excluding tert-OH is 1. The van der Waals surface area contributed by atoms with Gasteiger partial charge in [-0.15, -0.1) is 0 Å². The van der Waals surface area contributed by atoms with Gasteiger partial charge in [-0.05, 0) is 22.8 Å².